The highest BCUT2D eigenvalue weighted by molar-refractivity contribution is 6.45. The molecular weight excluding hydrogens is 321 g/mol. The normalized spacial score (nSPS) is 18.0. The molecule has 0 saturated carbocycles. The second kappa shape index (κ2) is 6.01. The van der Waals surface area contributed by atoms with Gasteiger partial charge in [-0.2, -0.15) is 0 Å². The maximum atomic E-state index is 12.2. The summed E-state index contributed by atoms with van der Waals surface area (Å²) in [6.45, 7) is 5.51. The second-order valence-corrected chi connectivity index (χ2v) is 6.46. The summed E-state index contributed by atoms with van der Waals surface area (Å²) in [5.41, 5.74) is 3.84. The maximum Gasteiger partial charge on any atom is 0.227 e. The average molecular weight is 340 g/mol. The van der Waals surface area contributed by atoms with Gasteiger partial charge in [-0.3, -0.25) is 4.79 Å². The van der Waals surface area contributed by atoms with Crippen molar-refractivity contribution in [3.05, 3.63) is 27.4 Å². The molecule has 0 spiro atoms. The van der Waals surface area contributed by atoms with Gasteiger partial charge in [-0.05, 0) is 25.0 Å². The number of hydrogen-bond donors (Lipinski definition) is 3. The molecule has 2 aromatic rings. The number of hydrogen-bond acceptors (Lipinski definition) is 2. The molecule has 0 fully saturated rings. The molecule has 0 radical (unpaired) electrons. The van der Waals surface area contributed by atoms with E-state index in [0.29, 0.717) is 16.6 Å². The Labute approximate surface area is 139 Å². The van der Waals surface area contributed by atoms with E-state index in [1.54, 1.807) is 0 Å². The summed E-state index contributed by atoms with van der Waals surface area (Å²) in [6, 6.07) is 1.85. The zero-order valence-electron chi connectivity index (χ0n) is 12.6. The largest absolute Gasteiger partial charge is 0.384 e. The molecule has 2 heterocycles. The number of carbonyl (C=O) groups excluding carboxylic acids is 1. The molecule has 0 bridgehead atoms. The van der Waals surface area contributed by atoms with Crippen molar-refractivity contribution in [2.75, 3.05) is 18.4 Å². The summed E-state index contributed by atoms with van der Waals surface area (Å²) in [5, 5.41) is 8.36. The Morgan fingerprint density at radius 1 is 1.41 bits per heavy atom. The van der Waals surface area contributed by atoms with Gasteiger partial charge in [0.2, 0.25) is 5.91 Å². The van der Waals surface area contributed by atoms with Crippen LogP contribution in [0.15, 0.2) is 6.07 Å². The zero-order valence-corrected chi connectivity index (χ0v) is 14.2. The van der Waals surface area contributed by atoms with E-state index < -0.39 is 0 Å². The third kappa shape index (κ3) is 2.44. The lowest BCUT2D eigenvalue weighted by Gasteiger charge is -2.13. The van der Waals surface area contributed by atoms with Gasteiger partial charge in [0.25, 0.3) is 0 Å². The van der Waals surface area contributed by atoms with Gasteiger partial charge in [0, 0.05) is 36.3 Å². The van der Waals surface area contributed by atoms with Crippen LogP contribution in [0.1, 0.15) is 37.4 Å². The van der Waals surface area contributed by atoms with Crippen molar-refractivity contribution in [3.63, 3.8) is 0 Å². The lowest BCUT2D eigenvalue weighted by molar-refractivity contribution is -0.121. The number of benzene rings is 1. The Kier molecular flexibility index (Phi) is 4.24. The number of rotatable bonds is 3. The highest BCUT2D eigenvalue weighted by Gasteiger charge is 2.28. The molecule has 1 aliphatic heterocycles. The van der Waals surface area contributed by atoms with Crippen molar-refractivity contribution in [2.45, 2.75) is 32.6 Å². The van der Waals surface area contributed by atoms with Crippen LogP contribution in [-0.4, -0.2) is 24.0 Å². The average Bonchev–Trinajstić information content (AvgIpc) is 2.82. The van der Waals surface area contributed by atoms with E-state index in [1.165, 1.54) is 0 Å². The van der Waals surface area contributed by atoms with Crippen LogP contribution in [0.25, 0.3) is 10.9 Å². The van der Waals surface area contributed by atoms with Crippen LogP contribution in [0.3, 0.4) is 0 Å². The summed E-state index contributed by atoms with van der Waals surface area (Å²) < 4.78 is 0. The standard InChI is InChI=1S/C16H19Cl2N3O/c1-3-5-19-11-7-9(17)14(18)15-13(11)12-8(2)16(22)20-6-4-10(12)21-15/h7-8,19,21H,3-6H2,1-2H3,(H,20,22). The lowest BCUT2D eigenvalue weighted by atomic mass is 9.96. The molecule has 1 aliphatic rings. The Morgan fingerprint density at radius 3 is 2.91 bits per heavy atom. The van der Waals surface area contributed by atoms with Crippen molar-refractivity contribution in [3.8, 4) is 0 Å². The van der Waals surface area contributed by atoms with Gasteiger partial charge in [-0.1, -0.05) is 30.1 Å². The fourth-order valence-electron chi connectivity index (χ4n) is 3.06. The fourth-order valence-corrected chi connectivity index (χ4v) is 3.46. The van der Waals surface area contributed by atoms with Crippen molar-refractivity contribution in [1.82, 2.24) is 10.3 Å². The minimum Gasteiger partial charge on any atom is -0.384 e. The summed E-state index contributed by atoms with van der Waals surface area (Å²) in [7, 11) is 0. The molecule has 22 heavy (non-hydrogen) atoms. The molecule has 0 aliphatic carbocycles. The van der Waals surface area contributed by atoms with Gasteiger partial charge in [-0.25, -0.2) is 0 Å². The van der Waals surface area contributed by atoms with Crippen molar-refractivity contribution in [2.24, 2.45) is 0 Å². The fraction of sp³-hybridized carbons (Fsp3) is 0.438. The highest BCUT2D eigenvalue weighted by Crippen LogP contribution is 2.42. The van der Waals surface area contributed by atoms with E-state index in [0.717, 1.165) is 47.2 Å². The summed E-state index contributed by atoms with van der Waals surface area (Å²) in [6.07, 6.45) is 1.77. The zero-order chi connectivity index (χ0) is 15.9. The first-order valence-corrected chi connectivity index (χ1v) is 8.34. The van der Waals surface area contributed by atoms with E-state index in [-0.39, 0.29) is 11.8 Å². The topological polar surface area (TPSA) is 56.9 Å². The predicted molar refractivity (Wildman–Crippen MR) is 92.2 cm³/mol. The summed E-state index contributed by atoms with van der Waals surface area (Å²) in [5.74, 6) is -0.169. The van der Waals surface area contributed by atoms with Crippen LogP contribution in [0.4, 0.5) is 5.69 Å². The molecule has 0 saturated heterocycles. The molecule has 1 unspecified atom stereocenters. The van der Waals surface area contributed by atoms with E-state index in [9.17, 15) is 4.79 Å². The van der Waals surface area contributed by atoms with Crippen molar-refractivity contribution >= 4 is 45.7 Å². The molecule has 118 valence electrons. The maximum absolute atomic E-state index is 12.2. The third-order valence-electron chi connectivity index (χ3n) is 4.16. The number of amides is 1. The number of aromatic amines is 1. The lowest BCUT2D eigenvalue weighted by Crippen LogP contribution is -2.26. The third-order valence-corrected chi connectivity index (χ3v) is 4.94. The second-order valence-electron chi connectivity index (χ2n) is 5.68. The van der Waals surface area contributed by atoms with Crippen molar-refractivity contribution in [1.29, 1.82) is 0 Å². The van der Waals surface area contributed by atoms with Gasteiger partial charge in [-0.15, -0.1) is 0 Å². The minimum atomic E-state index is -0.217. The highest BCUT2D eigenvalue weighted by atomic mass is 35.5. The van der Waals surface area contributed by atoms with Gasteiger partial charge in [0.15, 0.2) is 0 Å². The molecule has 6 heteroatoms. The van der Waals surface area contributed by atoms with E-state index in [4.69, 9.17) is 23.2 Å². The number of H-pyrrole nitrogens is 1. The molecule has 1 aromatic carbocycles. The molecular formula is C16H19Cl2N3O. The number of anilines is 1. The van der Waals surface area contributed by atoms with Crippen LogP contribution in [0.5, 0.6) is 0 Å². The Hall–Kier alpha value is -1.39. The van der Waals surface area contributed by atoms with Crippen molar-refractivity contribution < 1.29 is 4.79 Å². The van der Waals surface area contributed by atoms with Crippen LogP contribution >= 0.6 is 23.2 Å². The van der Waals surface area contributed by atoms with Crippen LogP contribution in [0, 0.1) is 0 Å². The number of nitrogens with one attached hydrogen (secondary N) is 3. The Bertz CT molecular complexity index is 739. The number of fused-ring (bicyclic) bond motifs is 3. The molecule has 1 aromatic heterocycles. The molecule has 1 amide bonds. The summed E-state index contributed by atoms with van der Waals surface area (Å²) >= 11 is 12.6. The number of aromatic nitrogens is 1. The first kappa shape index (κ1) is 15.5. The van der Waals surface area contributed by atoms with Crippen LogP contribution in [0.2, 0.25) is 10.0 Å². The van der Waals surface area contributed by atoms with E-state index in [1.807, 2.05) is 13.0 Å². The van der Waals surface area contributed by atoms with Gasteiger partial charge < -0.3 is 15.6 Å². The molecule has 1 atom stereocenters. The minimum absolute atomic E-state index is 0.0483. The van der Waals surface area contributed by atoms with E-state index in [2.05, 4.69) is 22.5 Å². The van der Waals surface area contributed by atoms with Gasteiger partial charge >= 0.3 is 0 Å². The van der Waals surface area contributed by atoms with E-state index >= 15 is 0 Å². The first-order chi connectivity index (χ1) is 10.5. The Morgan fingerprint density at radius 2 is 2.18 bits per heavy atom. The SMILES string of the molecule is CCCNc1cc(Cl)c(Cl)c2[nH]c3c(c12)C(C)C(=O)NCC3. The monoisotopic (exact) mass is 339 g/mol. The summed E-state index contributed by atoms with van der Waals surface area (Å²) in [4.78, 5) is 15.6. The number of halogens is 2. The smallest absolute Gasteiger partial charge is 0.227 e. The van der Waals surface area contributed by atoms with Gasteiger partial charge in [0.05, 0.1) is 21.5 Å². The quantitative estimate of drug-likeness (QED) is 0.789. The first-order valence-electron chi connectivity index (χ1n) is 7.58. The molecule has 3 N–H and O–H groups in total. The number of carbonyl (C=O) groups is 1. The molecule has 3 rings (SSSR count). The van der Waals surface area contributed by atoms with Gasteiger partial charge in [0.1, 0.15) is 0 Å². The predicted octanol–water partition coefficient (Wildman–Crippen LogP) is 4.07. The van der Waals surface area contributed by atoms with Crippen LogP contribution < -0.4 is 10.6 Å². The van der Waals surface area contributed by atoms with Crippen LogP contribution in [-0.2, 0) is 11.2 Å². The molecule has 4 nitrogen and oxygen atoms in total. The Balaban J connectivity index is 2.29.